The van der Waals surface area contributed by atoms with E-state index in [2.05, 4.69) is 20.6 Å². The minimum absolute atomic E-state index is 0.0151. The van der Waals surface area contributed by atoms with Crippen molar-refractivity contribution in [1.82, 2.24) is 20.6 Å². The van der Waals surface area contributed by atoms with Crippen molar-refractivity contribution in [2.75, 3.05) is 13.2 Å². The lowest BCUT2D eigenvalue weighted by Gasteiger charge is -2.19. The van der Waals surface area contributed by atoms with Crippen LogP contribution < -0.4 is 29.6 Å². The van der Waals surface area contributed by atoms with E-state index in [1.165, 1.54) is 0 Å². The molecule has 0 bridgehead atoms. The number of benzene rings is 4. The number of furan rings is 2. The molecule has 8 aromatic rings. The number of carboxylic acid groups (broad SMARTS) is 2. The van der Waals surface area contributed by atoms with Crippen LogP contribution >= 0.6 is 23.2 Å². The van der Waals surface area contributed by atoms with Crippen molar-refractivity contribution in [3.05, 3.63) is 165 Å². The number of fused-ring (bicyclic) bond motifs is 2. The molecule has 0 amide bonds. The number of nitrogens with one attached hydrogen (secondary N) is 2. The molecule has 16 nitrogen and oxygen atoms in total. The summed E-state index contributed by atoms with van der Waals surface area (Å²) in [6.07, 6.45) is 6.63. The van der Waals surface area contributed by atoms with Crippen LogP contribution in [0, 0.1) is 13.8 Å². The number of hydrogen-bond donors (Lipinski definition) is 6. The molecule has 72 heavy (non-hydrogen) atoms. The molecule has 6 N–H and O–H groups in total. The summed E-state index contributed by atoms with van der Waals surface area (Å²) in [7, 11) is 0. The van der Waals surface area contributed by atoms with Crippen molar-refractivity contribution in [1.29, 1.82) is 0 Å². The smallest absolute Gasteiger partial charge is 0.320 e. The van der Waals surface area contributed by atoms with Crippen molar-refractivity contribution >= 4 is 57.1 Å². The first kappa shape index (κ1) is 51.2. The van der Waals surface area contributed by atoms with Gasteiger partial charge in [0.1, 0.15) is 73.0 Å². The van der Waals surface area contributed by atoms with Gasteiger partial charge in [-0.2, -0.15) is 0 Å². The summed E-state index contributed by atoms with van der Waals surface area (Å²) >= 11 is 13.7. The number of aliphatic hydroxyl groups is 2. The number of aromatic nitrogens is 2. The van der Waals surface area contributed by atoms with Crippen LogP contribution in [0.4, 0.5) is 0 Å². The fourth-order valence-electron chi connectivity index (χ4n) is 8.16. The van der Waals surface area contributed by atoms with Gasteiger partial charge in [0.15, 0.2) is 11.2 Å². The van der Waals surface area contributed by atoms with Gasteiger partial charge in [-0.25, -0.2) is 0 Å². The quantitative estimate of drug-likeness (QED) is 0.0313. The third kappa shape index (κ3) is 12.5. The molecular weight excluding hydrogens is 968 g/mol. The summed E-state index contributed by atoms with van der Waals surface area (Å²) in [6, 6.07) is 24.1. The maximum atomic E-state index is 11.9. The number of carboxylic acids is 2. The number of halogens is 2. The van der Waals surface area contributed by atoms with Crippen LogP contribution in [0.25, 0.3) is 33.1 Å². The number of aliphatic hydroxyl groups excluding tert-OH is 2. The average molecular weight is 1020 g/mol. The zero-order valence-corrected chi connectivity index (χ0v) is 40.8. The highest BCUT2D eigenvalue weighted by Gasteiger charge is 2.22. The van der Waals surface area contributed by atoms with Gasteiger partial charge in [-0.1, -0.05) is 59.6 Å². The zero-order chi connectivity index (χ0) is 50.7. The highest BCUT2D eigenvalue weighted by Crippen LogP contribution is 2.38. The predicted octanol–water partition coefficient (Wildman–Crippen LogP) is 9.73. The molecule has 0 spiro atoms. The lowest BCUT2D eigenvalue weighted by atomic mass is 9.92. The molecule has 0 saturated heterocycles. The minimum Gasteiger partial charge on any atom is -0.487 e. The second-order valence-corrected chi connectivity index (χ2v) is 17.7. The van der Waals surface area contributed by atoms with E-state index >= 15 is 0 Å². The number of hydrogen-bond acceptors (Lipinski definition) is 14. The zero-order valence-electron chi connectivity index (χ0n) is 39.3. The van der Waals surface area contributed by atoms with Crippen molar-refractivity contribution < 1.29 is 57.8 Å². The number of pyridine rings is 2. The van der Waals surface area contributed by atoms with Crippen LogP contribution in [0.15, 0.2) is 119 Å². The van der Waals surface area contributed by atoms with Gasteiger partial charge in [-0.05, 0) is 96.5 Å². The van der Waals surface area contributed by atoms with E-state index in [9.17, 15) is 30.0 Å². The molecule has 18 heteroatoms. The maximum absolute atomic E-state index is 11.9. The SMILES string of the molecule is Cc1c(COc2cc(OCc3cc4ccncc4o3)c(CNC(CCO)C(=O)O)cc2Cl)cccc1-c1cccc(COc2cc(OCc3cc4ccncc4o3)c(CNC(CCO)C(=O)O)cc2Cl)c1C. The molecule has 4 heterocycles. The molecular formula is C54H52Cl2N4O12. The highest BCUT2D eigenvalue weighted by atomic mass is 35.5. The third-order valence-electron chi connectivity index (χ3n) is 12.2. The molecule has 0 aliphatic rings. The molecule has 374 valence electrons. The second-order valence-electron chi connectivity index (χ2n) is 16.9. The summed E-state index contributed by atoms with van der Waals surface area (Å²) in [5, 5.41) is 46.5. The highest BCUT2D eigenvalue weighted by molar-refractivity contribution is 6.32. The van der Waals surface area contributed by atoms with Crippen LogP contribution in [-0.4, -0.2) is 67.6 Å². The third-order valence-corrected chi connectivity index (χ3v) is 12.8. The summed E-state index contributed by atoms with van der Waals surface area (Å²) in [5.74, 6) is 0.424. The standard InChI is InChI=1S/C54H52Cl2N4O12/c1-31-35(27-67-49-21-47(69-29-39-17-33-9-13-57-25-51(33)71-39)37(19-43(49)55)23-59-45(11-15-61)53(63)64)5-3-7-41(31)42-8-4-6-36(32(42)2)28-68-50-22-48(70-30-40-18-34-10-14-58-26-52(34)72-40)38(20-44(50)56)24-60-46(12-16-62)54(65)66/h3-10,13-14,17-22,25-26,45-46,59-62H,11-12,15-16,23-24,27-30H2,1-2H3,(H,63,64)(H,65,66). The molecule has 0 saturated carbocycles. The topological polar surface area (TPSA) is 228 Å². The Bertz CT molecular complexity index is 2920. The van der Waals surface area contributed by atoms with Crippen molar-refractivity contribution in [2.45, 2.75) is 78.3 Å². The number of nitrogens with zero attached hydrogens (tertiary/aromatic N) is 2. The number of aliphatic carboxylic acids is 2. The van der Waals surface area contributed by atoms with E-state index in [1.807, 2.05) is 74.5 Å². The number of rotatable bonds is 25. The summed E-state index contributed by atoms with van der Waals surface area (Å²) in [6.45, 7) is 4.05. The largest absolute Gasteiger partial charge is 0.487 e. The maximum Gasteiger partial charge on any atom is 0.320 e. The van der Waals surface area contributed by atoms with Gasteiger partial charge in [0.2, 0.25) is 0 Å². The van der Waals surface area contributed by atoms with Gasteiger partial charge < -0.3 is 58.8 Å². The average Bonchev–Trinajstić information content (AvgIpc) is 4.00. The Labute approximate surface area is 424 Å². The predicted molar refractivity (Wildman–Crippen MR) is 270 cm³/mol. The van der Waals surface area contributed by atoms with Crippen LogP contribution in [-0.2, 0) is 49.1 Å². The summed E-state index contributed by atoms with van der Waals surface area (Å²) in [5.41, 5.74) is 8.12. The fourth-order valence-corrected chi connectivity index (χ4v) is 8.64. The Balaban J connectivity index is 0.990. The van der Waals surface area contributed by atoms with E-state index in [1.54, 1.807) is 49.1 Å². The molecule has 0 aliphatic carbocycles. The molecule has 4 aromatic carbocycles. The molecule has 0 aliphatic heterocycles. The van der Waals surface area contributed by atoms with Crippen molar-refractivity contribution in [2.24, 2.45) is 0 Å². The van der Waals surface area contributed by atoms with Crippen LogP contribution in [0.5, 0.6) is 23.0 Å². The Morgan fingerprint density at radius 2 is 0.986 bits per heavy atom. The fraction of sp³-hybridized carbons (Fsp3) is 0.259. The molecule has 4 aromatic heterocycles. The first-order valence-corrected chi connectivity index (χ1v) is 23.8. The van der Waals surface area contributed by atoms with Gasteiger partial charge in [-0.3, -0.25) is 19.6 Å². The molecule has 0 fully saturated rings. The van der Waals surface area contributed by atoms with Gasteiger partial charge in [-0.15, -0.1) is 0 Å². The van der Waals surface area contributed by atoms with E-state index in [-0.39, 0.29) is 65.6 Å². The summed E-state index contributed by atoms with van der Waals surface area (Å²) in [4.78, 5) is 31.9. The number of carbonyl (C=O) groups is 2. The van der Waals surface area contributed by atoms with E-state index < -0.39 is 24.0 Å². The van der Waals surface area contributed by atoms with Crippen LogP contribution in [0.1, 0.15) is 57.7 Å². The Morgan fingerprint density at radius 1 is 0.569 bits per heavy atom. The van der Waals surface area contributed by atoms with E-state index in [4.69, 9.17) is 51.0 Å². The lowest BCUT2D eigenvalue weighted by molar-refractivity contribution is -0.140. The second kappa shape index (κ2) is 23.8. The van der Waals surface area contributed by atoms with E-state index in [0.29, 0.717) is 66.9 Å². The molecule has 8 rings (SSSR count). The van der Waals surface area contributed by atoms with Gasteiger partial charge in [0.05, 0.1) is 22.4 Å². The Kier molecular flexibility index (Phi) is 16.9. The normalized spacial score (nSPS) is 12.2. The number of ether oxygens (including phenoxy) is 4. The minimum atomic E-state index is -1.09. The van der Waals surface area contributed by atoms with Gasteiger partial charge in [0, 0.05) is 72.7 Å². The van der Waals surface area contributed by atoms with Crippen molar-refractivity contribution in [3.63, 3.8) is 0 Å². The first-order chi connectivity index (χ1) is 34.9. The van der Waals surface area contributed by atoms with Crippen LogP contribution in [0.2, 0.25) is 10.0 Å². The van der Waals surface area contributed by atoms with Crippen molar-refractivity contribution in [3.8, 4) is 34.1 Å². The monoisotopic (exact) mass is 1020 g/mol. The molecule has 2 atom stereocenters. The lowest BCUT2D eigenvalue weighted by Crippen LogP contribution is -2.37. The Morgan fingerprint density at radius 3 is 1.38 bits per heavy atom. The van der Waals surface area contributed by atoms with E-state index in [0.717, 1.165) is 44.2 Å². The first-order valence-electron chi connectivity index (χ1n) is 23.0. The van der Waals surface area contributed by atoms with Crippen LogP contribution in [0.3, 0.4) is 0 Å². The Hall–Kier alpha value is -7.18. The van der Waals surface area contributed by atoms with Gasteiger partial charge in [0.25, 0.3) is 0 Å². The van der Waals surface area contributed by atoms with Gasteiger partial charge >= 0.3 is 11.9 Å². The summed E-state index contributed by atoms with van der Waals surface area (Å²) < 4.78 is 37.1. The molecule has 0 radical (unpaired) electrons. The molecule has 2 unspecified atom stereocenters.